The lowest BCUT2D eigenvalue weighted by Gasteiger charge is -2.34. The second-order valence-electron chi connectivity index (χ2n) is 9.03. The van der Waals surface area contributed by atoms with Crippen molar-refractivity contribution in [2.75, 3.05) is 45.8 Å². The Bertz CT molecular complexity index is 664. The van der Waals surface area contributed by atoms with E-state index in [1.807, 2.05) is 22.4 Å². The van der Waals surface area contributed by atoms with Crippen LogP contribution in [0.1, 0.15) is 61.0 Å². The van der Waals surface area contributed by atoms with E-state index in [-0.39, 0.29) is 11.8 Å². The first-order chi connectivity index (χ1) is 14.2. The number of hydrogen-bond donors (Lipinski definition) is 0. The van der Waals surface area contributed by atoms with Gasteiger partial charge in [0.2, 0.25) is 5.91 Å². The molecule has 29 heavy (non-hydrogen) atoms. The molecule has 0 atom stereocenters. The van der Waals surface area contributed by atoms with Crippen LogP contribution in [0, 0.1) is 11.8 Å². The second kappa shape index (κ2) is 10.1. The van der Waals surface area contributed by atoms with Crippen molar-refractivity contribution in [3.63, 3.8) is 0 Å². The molecule has 1 aliphatic carbocycles. The molecule has 5 nitrogen and oxygen atoms in total. The average Bonchev–Trinajstić information content (AvgIpc) is 3.21. The Balaban J connectivity index is 1.23. The lowest BCUT2D eigenvalue weighted by Crippen LogP contribution is -2.45. The van der Waals surface area contributed by atoms with Crippen molar-refractivity contribution in [1.82, 2.24) is 14.7 Å². The Morgan fingerprint density at radius 3 is 2.38 bits per heavy atom. The summed E-state index contributed by atoms with van der Waals surface area (Å²) in [5.41, 5.74) is 0. The largest absolute Gasteiger partial charge is 0.341 e. The zero-order valence-corrected chi connectivity index (χ0v) is 18.4. The molecule has 3 aliphatic rings. The van der Waals surface area contributed by atoms with Gasteiger partial charge in [0.05, 0.1) is 4.88 Å². The molecule has 0 radical (unpaired) electrons. The van der Waals surface area contributed by atoms with Crippen LogP contribution >= 0.6 is 11.3 Å². The van der Waals surface area contributed by atoms with Gasteiger partial charge in [0, 0.05) is 45.2 Å². The molecule has 0 bridgehead atoms. The Labute approximate surface area is 179 Å². The van der Waals surface area contributed by atoms with Gasteiger partial charge in [0.1, 0.15) is 0 Å². The second-order valence-corrected chi connectivity index (χ2v) is 9.97. The van der Waals surface area contributed by atoms with Crippen LogP contribution in [-0.2, 0) is 4.79 Å². The van der Waals surface area contributed by atoms with Crippen molar-refractivity contribution >= 4 is 23.2 Å². The average molecular weight is 418 g/mol. The minimum absolute atomic E-state index is 0.0901. The van der Waals surface area contributed by atoms with E-state index in [9.17, 15) is 9.59 Å². The summed E-state index contributed by atoms with van der Waals surface area (Å²) in [5.74, 6) is 1.41. The predicted molar refractivity (Wildman–Crippen MR) is 117 cm³/mol. The monoisotopic (exact) mass is 417 g/mol. The van der Waals surface area contributed by atoms with Crippen LogP contribution in [0.2, 0.25) is 0 Å². The number of thiophene rings is 1. The molecule has 3 heterocycles. The van der Waals surface area contributed by atoms with Gasteiger partial charge in [0.25, 0.3) is 5.91 Å². The summed E-state index contributed by atoms with van der Waals surface area (Å²) in [6.45, 7) is 6.56. The Morgan fingerprint density at radius 2 is 1.66 bits per heavy atom. The lowest BCUT2D eigenvalue weighted by atomic mass is 9.89. The fraction of sp³-hybridized carbons (Fsp3) is 0.739. The third-order valence-corrected chi connectivity index (χ3v) is 7.86. The highest BCUT2D eigenvalue weighted by Gasteiger charge is 2.31. The first-order valence-corrected chi connectivity index (χ1v) is 12.4. The maximum Gasteiger partial charge on any atom is 0.263 e. The van der Waals surface area contributed by atoms with Gasteiger partial charge in [-0.3, -0.25) is 9.59 Å². The maximum atomic E-state index is 13.1. The number of carbonyl (C=O) groups excluding carboxylic acids is 2. The van der Waals surface area contributed by atoms with Gasteiger partial charge < -0.3 is 14.7 Å². The van der Waals surface area contributed by atoms with Gasteiger partial charge >= 0.3 is 0 Å². The van der Waals surface area contributed by atoms with Crippen LogP contribution < -0.4 is 0 Å². The summed E-state index contributed by atoms with van der Waals surface area (Å²) in [7, 11) is 0. The van der Waals surface area contributed by atoms with Crippen LogP contribution in [-0.4, -0.2) is 72.3 Å². The summed E-state index contributed by atoms with van der Waals surface area (Å²) >= 11 is 1.50. The molecular formula is C23H35N3O2S. The van der Waals surface area contributed by atoms with E-state index < -0.39 is 0 Å². The lowest BCUT2D eigenvalue weighted by molar-refractivity contribution is -0.136. The quantitative estimate of drug-likeness (QED) is 0.750. The molecule has 160 valence electrons. The molecule has 4 rings (SSSR count). The van der Waals surface area contributed by atoms with Crippen molar-refractivity contribution in [2.24, 2.45) is 11.8 Å². The van der Waals surface area contributed by atoms with Gasteiger partial charge in [-0.2, -0.15) is 0 Å². The van der Waals surface area contributed by atoms with Gasteiger partial charge in [-0.25, -0.2) is 0 Å². The fourth-order valence-electron chi connectivity index (χ4n) is 5.25. The molecule has 0 unspecified atom stereocenters. The third kappa shape index (κ3) is 5.40. The summed E-state index contributed by atoms with van der Waals surface area (Å²) in [5, 5.41) is 1.94. The van der Waals surface area contributed by atoms with Crippen LogP contribution in [0.15, 0.2) is 17.5 Å². The van der Waals surface area contributed by atoms with Crippen molar-refractivity contribution in [3.8, 4) is 0 Å². The molecule has 1 saturated carbocycles. The van der Waals surface area contributed by atoms with E-state index in [1.165, 1.54) is 50.0 Å². The highest BCUT2D eigenvalue weighted by molar-refractivity contribution is 7.12. The van der Waals surface area contributed by atoms with Crippen LogP contribution in [0.5, 0.6) is 0 Å². The normalized spacial score (nSPS) is 23.2. The molecule has 2 saturated heterocycles. The van der Waals surface area contributed by atoms with E-state index in [4.69, 9.17) is 0 Å². The van der Waals surface area contributed by atoms with Crippen LogP contribution in [0.25, 0.3) is 0 Å². The molecular weight excluding hydrogens is 382 g/mol. The summed E-state index contributed by atoms with van der Waals surface area (Å²) in [4.78, 5) is 33.1. The van der Waals surface area contributed by atoms with Crippen molar-refractivity contribution in [3.05, 3.63) is 22.4 Å². The summed E-state index contributed by atoms with van der Waals surface area (Å²) in [6, 6.07) is 3.81. The van der Waals surface area contributed by atoms with Gasteiger partial charge in [-0.05, 0) is 56.0 Å². The SMILES string of the molecule is O=C(c1cccs1)N1CCC(C(=O)N2CCCN(CC3CCCCC3)CC2)CC1. The number of nitrogens with zero attached hydrogens (tertiary/aromatic N) is 3. The van der Waals surface area contributed by atoms with E-state index in [0.717, 1.165) is 56.2 Å². The summed E-state index contributed by atoms with van der Waals surface area (Å²) in [6.07, 6.45) is 9.69. The zero-order valence-electron chi connectivity index (χ0n) is 17.6. The zero-order chi connectivity index (χ0) is 20.1. The number of rotatable bonds is 4. The molecule has 0 spiro atoms. The molecule has 2 aliphatic heterocycles. The Kier molecular flexibility index (Phi) is 7.24. The molecule has 6 heteroatoms. The van der Waals surface area contributed by atoms with Crippen molar-refractivity contribution in [1.29, 1.82) is 0 Å². The first-order valence-electron chi connectivity index (χ1n) is 11.5. The van der Waals surface area contributed by atoms with E-state index in [0.29, 0.717) is 19.0 Å². The topological polar surface area (TPSA) is 43.9 Å². The van der Waals surface area contributed by atoms with E-state index in [2.05, 4.69) is 9.80 Å². The minimum Gasteiger partial charge on any atom is -0.341 e. The fourth-order valence-corrected chi connectivity index (χ4v) is 5.94. The molecule has 2 amide bonds. The summed E-state index contributed by atoms with van der Waals surface area (Å²) < 4.78 is 0. The standard InChI is InChI=1S/C23H35N3O2S/c27-22(20-9-13-26(14-10-20)23(28)21-8-4-17-29-21)25-12-5-11-24(15-16-25)18-19-6-2-1-3-7-19/h4,8,17,19-20H,1-3,5-7,9-16,18H2. The Morgan fingerprint density at radius 1 is 0.862 bits per heavy atom. The highest BCUT2D eigenvalue weighted by atomic mass is 32.1. The maximum absolute atomic E-state index is 13.1. The highest BCUT2D eigenvalue weighted by Crippen LogP contribution is 2.26. The van der Waals surface area contributed by atoms with Gasteiger partial charge in [-0.1, -0.05) is 25.3 Å². The molecule has 1 aromatic heterocycles. The first kappa shape index (κ1) is 20.9. The van der Waals surface area contributed by atoms with Crippen LogP contribution in [0.4, 0.5) is 0 Å². The number of hydrogen-bond acceptors (Lipinski definition) is 4. The number of likely N-dealkylation sites (tertiary alicyclic amines) is 1. The van der Waals surface area contributed by atoms with Crippen molar-refractivity contribution in [2.45, 2.75) is 51.4 Å². The minimum atomic E-state index is 0.0901. The van der Waals surface area contributed by atoms with Crippen molar-refractivity contribution < 1.29 is 9.59 Å². The smallest absolute Gasteiger partial charge is 0.263 e. The molecule has 0 N–H and O–H groups in total. The number of piperidine rings is 1. The van der Waals surface area contributed by atoms with E-state index in [1.54, 1.807) is 0 Å². The number of carbonyl (C=O) groups is 2. The Hall–Kier alpha value is -1.40. The predicted octanol–water partition coefficient (Wildman–Crippen LogP) is 3.71. The van der Waals surface area contributed by atoms with Crippen LogP contribution in [0.3, 0.4) is 0 Å². The van der Waals surface area contributed by atoms with Gasteiger partial charge in [-0.15, -0.1) is 11.3 Å². The molecule has 1 aromatic rings. The van der Waals surface area contributed by atoms with E-state index >= 15 is 0 Å². The molecule has 0 aromatic carbocycles. The number of amides is 2. The third-order valence-electron chi connectivity index (χ3n) is 7.00. The molecule has 3 fully saturated rings. The van der Waals surface area contributed by atoms with Gasteiger partial charge in [0.15, 0.2) is 0 Å².